The molecule has 1 N–H and O–H groups in total. The van der Waals surface area contributed by atoms with E-state index in [2.05, 4.69) is 34.6 Å². The topological polar surface area (TPSA) is 29.9 Å². The minimum Gasteiger partial charge on any atom is -0.352 e. The molecule has 0 saturated heterocycles. The van der Waals surface area contributed by atoms with Gasteiger partial charge in [0.25, 0.3) is 0 Å². The Morgan fingerprint density at radius 3 is 3.12 bits per heavy atom. The smallest absolute Gasteiger partial charge is 0.203 e. The van der Waals surface area contributed by atoms with Crippen LogP contribution in [0.15, 0.2) is 25.0 Å². The number of rotatable bonds is 4. The summed E-state index contributed by atoms with van der Waals surface area (Å²) in [7, 11) is 0. The Balaban J connectivity index is 2.12. The SMILES string of the molecule is C=CCNc1nccn1C1CCCCC1C. The third-order valence-corrected chi connectivity index (χ3v) is 3.50. The molecule has 2 rings (SSSR count). The Labute approximate surface area is 97.6 Å². The summed E-state index contributed by atoms with van der Waals surface area (Å²) >= 11 is 0. The molecule has 2 unspecified atom stereocenters. The Morgan fingerprint density at radius 1 is 1.56 bits per heavy atom. The van der Waals surface area contributed by atoms with Crippen LogP contribution in [0.25, 0.3) is 0 Å². The molecule has 0 radical (unpaired) electrons. The van der Waals surface area contributed by atoms with E-state index in [1.165, 1.54) is 25.7 Å². The Bertz CT molecular complexity index is 343. The molecular weight excluding hydrogens is 198 g/mol. The summed E-state index contributed by atoms with van der Waals surface area (Å²) in [6.45, 7) is 6.84. The van der Waals surface area contributed by atoms with Crippen LogP contribution in [-0.2, 0) is 0 Å². The van der Waals surface area contributed by atoms with Crippen LogP contribution in [-0.4, -0.2) is 16.1 Å². The van der Waals surface area contributed by atoms with Gasteiger partial charge in [0.05, 0.1) is 0 Å². The Hall–Kier alpha value is -1.25. The third-order valence-electron chi connectivity index (χ3n) is 3.50. The van der Waals surface area contributed by atoms with Crippen molar-refractivity contribution in [1.82, 2.24) is 9.55 Å². The molecule has 1 aromatic heterocycles. The molecule has 0 aliphatic heterocycles. The molecule has 88 valence electrons. The highest BCUT2D eigenvalue weighted by Crippen LogP contribution is 2.34. The van der Waals surface area contributed by atoms with E-state index >= 15 is 0 Å². The molecule has 16 heavy (non-hydrogen) atoms. The van der Waals surface area contributed by atoms with Crippen LogP contribution in [0.2, 0.25) is 0 Å². The maximum atomic E-state index is 4.37. The minimum absolute atomic E-state index is 0.614. The summed E-state index contributed by atoms with van der Waals surface area (Å²) in [5.74, 6) is 1.74. The van der Waals surface area contributed by atoms with Crippen LogP contribution in [0.5, 0.6) is 0 Å². The van der Waals surface area contributed by atoms with Crippen molar-refractivity contribution < 1.29 is 0 Å². The van der Waals surface area contributed by atoms with Gasteiger partial charge >= 0.3 is 0 Å². The van der Waals surface area contributed by atoms with Crippen molar-refractivity contribution in [3.05, 3.63) is 25.0 Å². The number of hydrogen-bond acceptors (Lipinski definition) is 2. The van der Waals surface area contributed by atoms with E-state index in [9.17, 15) is 0 Å². The summed E-state index contributed by atoms with van der Waals surface area (Å²) in [4.78, 5) is 4.37. The molecule has 3 heteroatoms. The van der Waals surface area contributed by atoms with Gasteiger partial charge in [0.15, 0.2) is 0 Å². The monoisotopic (exact) mass is 219 g/mol. The number of hydrogen-bond donors (Lipinski definition) is 1. The van der Waals surface area contributed by atoms with Crippen molar-refractivity contribution >= 4 is 5.95 Å². The number of nitrogens with zero attached hydrogens (tertiary/aromatic N) is 2. The highest BCUT2D eigenvalue weighted by Gasteiger charge is 2.24. The van der Waals surface area contributed by atoms with Gasteiger partial charge in [-0.3, -0.25) is 0 Å². The van der Waals surface area contributed by atoms with E-state index in [0.717, 1.165) is 18.4 Å². The van der Waals surface area contributed by atoms with Crippen LogP contribution in [0.4, 0.5) is 5.95 Å². The summed E-state index contributed by atoms with van der Waals surface area (Å²) in [5, 5.41) is 3.29. The molecule has 2 atom stereocenters. The second-order valence-electron chi connectivity index (χ2n) is 4.66. The molecular formula is C13H21N3. The van der Waals surface area contributed by atoms with Gasteiger partial charge in [0.1, 0.15) is 0 Å². The first-order valence-corrected chi connectivity index (χ1v) is 6.20. The number of aromatic nitrogens is 2. The maximum Gasteiger partial charge on any atom is 0.203 e. The third kappa shape index (κ3) is 2.29. The molecule has 3 nitrogen and oxygen atoms in total. The number of anilines is 1. The number of nitrogens with one attached hydrogen (secondary N) is 1. The molecule has 0 aromatic carbocycles. The lowest BCUT2D eigenvalue weighted by Gasteiger charge is -2.30. The highest BCUT2D eigenvalue weighted by atomic mass is 15.2. The lowest BCUT2D eigenvalue weighted by molar-refractivity contribution is 0.259. The average Bonchev–Trinajstić information content (AvgIpc) is 2.75. The van der Waals surface area contributed by atoms with E-state index in [1.807, 2.05) is 12.3 Å². The zero-order chi connectivity index (χ0) is 11.4. The van der Waals surface area contributed by atoms with Gasteiger partial charge in [0, 0.05) is 25.0 Å². The van der Waals surface area contributed by atoms with Gasteiger partial charge in [-0.1, -0.05) is 25.8 Å². The van der Waals surface area contributed by atoms with Gasteiger partial charge in [-0.25, -0.2) is 4.98 Å². The van der Waals surface area contributed by atoms with Crippen molar-refractivity contribution in [2.45, 2.75) is 38.6 Å². The highest BCUT2D eigenvalue weighted by molar-refractivity contribution is 5.27. The Kier molecular flexibility index (Phi) is 3.65. The zero-order valence-electron chi connectivity index (χ0n) is 10.0. The number of imidazole rings is 1. The van der Waals surface area contributed by atoms with Gasteiger partial charge in [-0.2, -0.15) is 0 Å². The fourth-order valence-electron chi connectivity index (χ4n) is 2.59. The van der Waals surface area contributed by atoms with Crippen LogP contribution < -0.4 is 5.32 Å². The molecule has 0 spiro atoms. The predicted molar refractivity (Wildman–Crippen MR) is 67.6 cm³/mol. The molecule has 0 bridgehead atoms. The standard InChI is InChI=1S/C13H21N3/c1-3-8-14-13-15-9-10-16(13)12-7-5-4-6-11(12)2/h3,9-12H,1,4-8H2,2H3,(H,14,15). The quantitative estimate of drug-likeness (QED) is 0.788. The van der Waals surface area contributed by atoms with Gasteiger partial charge in [0.2, 0.25) is 5.95 Å². The fraction of sp³-hybridized carbons (Fsp3) is 0.615. The van der Waals surface area contributed by atoms with E-state index < -0.39 is 0 Å². The zero-order valence-corrected chi connectivity index (χ0v) is 10.0. The molecule has 1 saturated carbocycles. The van der Waals surface area contributed by atoms with Gasteiger partial charge in [-0.15, -0.1) is 6.58 Å². The molecule has 0 amide bonds. The Morgan fingerprint density at radius 2 is 2.38 bits per heavy atom. The largest absolute Gasteiger partial charge is 0.352 e. The van der Waals surface area contributed by atoms with Crippen LogP contribution in [0, 0.1) is 5.92 Å². The summed E-state index contributed by atoms with van der Waals surface area (Å²) in [6.07, 6.45) is 11.2. The van der Waals surface area contributed by atoms with Crippen LogP contribution >= 0.6 is 0 Å². The van der Waals surface area contributed by atoms with Gasteiger partial charge in [-0.05, 0) is 18.8 Å². The van der Waals surface area contributed by atoms with E-state index in [0.29, 0.717) is 6.04 Å². The van der Waals surface area contributed by atoms with Crippen molar-refractivity contribution in [2.75, 3.05) is 11.9 Å². The second kappa shape index (κ2) is 5.19. The summed E-state index contributed by atoms with van der Waals surface area (Å²) < 4.78 is 2.30. The maximum absolute atomic E-state index is 4.37. The first-order chi connectivity index (χ1) is 7.83. The fourth-order valence-corrected chi connectivity index (χ4v) is 2.59. The lowest BCUT2D eigenvalue weighted by atomic mass is 9.86. The molecule has 1 fully saturated rings. The van der Waals surface area contributed by atoms with Gasteiger partial charge < -0.3 is 9.88 Å². The van der Waals surface area contributed by atoms with Crippen LogP contribution in [0.3, 0.4) is 0 Å². The second-order valence-corrected chi connectivity index (χ2v) is 4.66. The van der Waals surface area contributed by atoms with E-state index in [-0.39, 0.29) is 0 Å². The summed E-state index contributed by atoms with van der Waals surface area (Å²) in [6, 6.07) is 0.614. The van der Waals surface area contributed by atoms with E-state index in [1.54, 1.807) is 0 Å². The predicted octanol–water partition coefficient (Wildman–Crippen LogP) is 3.23. The molecule has 1 aromatic rings. The lowest BCUT2D eigenvalue weighted by Crippen LogP contribution is -2.22. The normalized spacial score (nSPS) is 25.3. The van der Waals surface area contributed by atoms with Crippen molar-refractivity contribution in [2.24, 2.45) is 5.92 Å². The first-order valence-electron chi connectivity index (χ1n) is 6.20. The van der Waals surface area contributed by atoms with Crippen molar-refractivity contribution in [3.63, 3.8) is 0 Å². The van der Waals surface area contributed by atoms with Crippen molar-refractivity contribution in [3.8, 4) is 0 Å². The molecule has 1 heterocycles. The summed E-state index contributed by atoms with van der Waals surface area (Å²) in [5.41, 5.74) is 0. The average molecular weight is 219 g/mol. The molecule has 1 aliphatic rings. The van der Waals surface area contributed by atoms with Crippen LogP contribution in [0.1, 0.15) is 38.6 Å². The molecule has 1 aliphatic carbocycles. The first kappa shape index (κ1) is 11.2. The van der Waals surface area contributed by atoms with Crippen molar-refractivity contribution in [1.29, 1.82) is 0 Å². The van der Waals surface area contributed by atoms with E-state index in [4.69, 9.17) is 0 Å². The minimum atomic E-state index is 0.614.